The highest BCUT2D eigenvalue weighted by molar-refractivity contribution is 5.73. The monoisotopic (exact) mass is 311 g/mol. The number of nitrogens with one attached hydrogen (secondary N) is 2. The molecule has 0 unspecified atom stereocenters. The van der Waals surface area contributed by atoms with Crippen molar-refractivity contribution >= 4 is 6.03 Å². The number of amides is 2. The molecule has 0 aliphatic carbocycles. The van der Waals surface area contributed by atoms with Crippen LogP contribution in [0.25, 0.3) is 0 Å². The van der Waals surface area contributed by atoms with E-state index in [2.05, 4.69) is 15.6 Å². The van der Waals surface area contributed by atoms with Crippen LogP contribution < -0.4 is 10.6 Å². The molecule has 1 heterocycles. The molecular formula is C16H29N3O3. The smallest absolute Gasteiger partial charge is 0.315 e. The van der Waals surface area contributed by atoms with Crippen molar-refractivity contribution in [3.05, 3.63) is 17.8 Å². The fourth-order valence-corrected chi connectivity index (χ4v) is 1.81. The first-order chi connectivity index (χ1) is 10.1. The Morgan fingerprint density at radius 2 is 1.95 bits per heavy atom. The largest absolute Gasteiger partial charge is 0.443 e. The Balaban J connectivity index is 2.25. The number of carbonyl (C=O) groups is 1. The van der Waals surface area contributed by atoms with Crippen LogP contribution in [-0.2, 0) is 12.0 Å². The molecule has 22 heavy (non-hydrogen) atoms. The second-order valence-corrected chi connectivity index (χ2v) is 7.40. The molecule has 1 rings (SSSR count). The Bertz CT molecular complexity index is 475. The van der Waals surface area contributed by atoms with Crippen LogP contribution in [-0.4, -0.2) is 29.3 Å². The van der Waals surface area contributed by atoms with E-state index < -0.39 is 0 Å². The van der Waals surface area contributed by atoms with Gasteiger partial charge >= 0.3 is 6.03 Å². The molecule has 6 nitrogen and oxygen atoms in total. The third-order valence-electron chi connectivity index (χ3n) is 3.44. The molecule has 126 valence electrons. The summed E-state index contributed by atoms with van der Waals surface area (Å²) in [5.41, 5.74) is -0.188. The molecule has 0 bridgehead atoms. The van der Waals surface area contributed by atoms with Gasteiger partial charge in [0, 0.05) is 18.6 Å². The summed E-state index contributed by atoms with van der Waals surface area (Å²) in [5, 5.41) is 14.7. The molecule has 3 N–H and O–H groups in total. The zero-order valence-electron chi connectivity index (χ0n) is 14.3. The summed E-state index contributed by atoms with van der Waals surface area (Å²) in [6.45, 7) is 11.1. The van der Waals surface area contributed by atoms with Gasteiger partial charge in [0.15, 0.2) is 0 Å². The first-order valence-corrected chi connectivity index (χ1v) is 7.72. The Hall–Kier alpha value is -1.56. The summed E-state index contributed by atoms with van der Waals surface area (Å²) in [7, 11) is 0. The van der Waals surface area contributed by atoms with Gasteiger partial charge in [0.25, 0.3) is 0 Å². The predicted molar refractivity (Wildman–Crippen MR) is 85.5 cm³/mol. The molecule has 2 amide bonds. The quantitative estimate of drug-likeness (QED) is 0.675. The highest BCUT2D eigenvalue weighted by atomic mass is 16.4. The van der Waals surface area contributed by atoms with Crippen molar-refractivity contribution in [2.24, 2.45) is 5.41 Å². The molecular weight excluding hydrogens is 282 g/mol. The zero-order valence-corrected chi connectivity index (χ0v) is 14.3. The van der Waals surface area contributed by atoms with Gasteiger partial charge in [-0.3, -0.25) is 0 Å². The second-order valence-electron chi connectivity index (χ2n) is 7.40. The topological polar surface area (TPSA) is 87.4 Å². The number of oxazole rings is 1. The van der Waals surface area contributed by atoms with Crippen LogP contribution in [0.15, 0.2) is 10.6 Å². The number of aromatic nitrogens is 1. The van der Waals surface area contributed by atoms with Crippen molar-refractivity contribution in [1.29, 1.82) is 0 Å². The van der Waals surface area contributed by atoms with Crippen LogP contribution >= 0.6 is 0 Å². The van der Waals surface area contributed by atoms with E-state index in [4.69, 9.17) is 9.52 Å². The minimum absolute atomic E-state index is 0.0903. The lowest BCUT2D eigenvalue weighted by molar-refractivity contribution is 0.148. The Labute approximate surface area is 132 Å². The molecule has 0 spiro atoms. The second kappa shape index (κ2) is 7.63. The molecule has 0 saturated heterocycles. The lowest BCUT2D eigenvalue weighted by Crippen LogP contribution is -2.36. The van der Waals surface area contributed by atoms with E-state index in [-0.39, 0.29) is 30.0 Å². The fraction of sp³-hybridized carbons (Fsp3) is 0.750. The van der Waals surface area contributed by atoms with Crippen LogP contribution in [0, 0.1) is 5.41 Å². The number of nitrogens with zero attached hydrogens (tertiary/aromatic N) is 1. The minimum Gasteiger partial charge on any atom is -0.443 e. The number of hydrogen-bond donors (Lipinski definition) is 3. The molecule has 0 saturated carbocycles. The number of rotatable bonds is 7. The maximum atomic E-state index is 11.7. The first kappa shape index (κ1) is 18.5. The van der Waals surface area contributed by atoms with Crippen molar-refractivity contribution in [3.63, 3.8) is 0 Å². The van der Waals surface area contributed by atoms with Gasteiger partial charge in [-0.05, 0) is 18.3 Å². The molecule has 1 aromatic heterocycles. The number of hydrogen-bond acceptors (Lipinski definition) is 4. The van der Waals surface area contributed by atoms with E-state index in [1.54, 1.807) is 6.20 Å². The van der Waals surface area contributed by atoms with Crippen molar-refractivity contribution in [2.75, 3.05) is 13.2 Å². The standard InChI is InChI=1S/C16H29N3O3/c1-15(2,3)12-9-18-13(22-12)10-19-14(21)17-8-6-7-16(4,5)11-20/h9,20H,6-8,10-11H2,1-5H3,(H2,17,19,21). The molecule has 6 heteroatoms. The maximum Gasteiger partial charge on any atom is 0.315 e. The van der Waals surface area contributed by atoms with Crippen LogP contribution in [0.1, 0.15) is 59.1 Å². The average molecular weight is 311 g/mol. The molecule has 1 aromatic rings. The van der Waals surface area contributed by atoms with E-state index in [0.717, 1.165) is 18.6 Å². The summed E-state index contributed by atoms with van der Waals surface area (Å²) < 4.78 is 5.60. The number of carbonyl (C=O) groups excluding carboxylic acids is 1. The van der Waals surface area contributed by atoms with Crippen LogP contribution in [0.4, 0.5) is 4.79 Å². The third-order valence-corrected chi connectivity index (χ3v) is 3.44. The maximum absolute atomic E-state index is 11.7. The van der Waals surface area contributed by atoms with Gasteiger partial charge in [-0.2, -0.15) is 0 Å². The Kier molecular flexibility index (Phi) is 6.41. The SMILES string of the molecule is CC(C)(CO)CCCNC(=O)NCc1ncc(C(C)(C)C)o1. The summed E-state index contributed by atoms with van der Waals surface area (Å²) >= 11 is 0. The molecule has 0 radical (unpaired) electrons. The van der Waals surface area contributed by atoms with Gasteiger partial charge in [-0.15, -0.1) is 0 Å². The van der Waals surface area contributed by atoms with Gasteiger partial charge in [0.2, 0.25) is 5.89 Å². The number of aliphatic hydroxyl groups is 1. The molecule has 0 aliphatic heterocycles. The van der Waals surface area contributed by atoms with Gasteiger partial charge in [-0.1, -0.05) is 34.6 Å². The van der Waals surface area contributed by atoms with Crippen molar-refractivity contribution in [2.45, 2.75) is 59.4 Å². The third kappa shape index (κ3) is 6.47. The lowest BCUT2D eigenvalue weighted by atomic mass is 9.89. The Morgan fingerprint density at radius 1 is 1.27 bits per heavy atom. The van der Waals surface area contributed by atoms with E-state index in [1.807, 2.05) is 34.6 Å². The Morgan fingerprint density at radius 3 is 2.50 bits per heavy atom. The van der Waals surface area contributed by atoms with Crippen molar-refractivity contribution < 1.29 is 14.3 Å². The van der Waals surface area contributed by atoms with E-state index >= 15 is 0 Å². The van der Waals surface area contributed by atoms with Gasteiger partial charge in [-0.25, -0.2) is 9.78 Å². The van der Waals surface area contributed by atoms with Crippen LogP contribution in [0.3, 0.4) is 0 Å². The molecule has 0 aliphatic rings. The highest BCUT2D eigenvalue weighted by Gasteiger charge is 2.19. The fourth-order valence-electron chi connectivity index (χ4n) is 1.81. The average Bonchev–Trinajstić information content (AvgIpc) is 2.90. The predicted octanol–water partition coefficient (Wildman–Crippen LogP) is 2.57. The van der Waals surface area contributed by atoms with Gasteiger partial charge in [0.1, 0.15) is 5.76 Å². The lowest BCUT2D eigenvalue weighted by Gasteiger charge is -2.21. The zero-order chi connectivity index (χ0) is 16.8. The summed E-state index contributed by atoms with van der Waals surface area (Å²) in [6, 6.07) is -0.239. The minimum atomic E-state index is -0.239. The first-order valence-electron chi connectivity index (χ1n) is 7.72. The van der Waals surface area contributed by atoms with E-state index in [9.17, 15) is 4.79 Å². The van der Waals surface area contributed by atoms with Gasteiger partial charge in [0.05, 0.1) is 12.7 Å². The van der Waals surface area contributed by atoms with Crippen molar-refractivity contribution in [1.82, 2.24) is 15.6 Å². The summed E-state index contributed by atoms with van der Waals surface area (Å²) in [4.78, 5) is 15.8. The van der Waals surface area contributed by atoms with Crippen molar-refractivity contribution in [3.8, 4) is 0 Å². The molecule has 0 aromatic carbocycles. The molecule has 0 atom stereocenters. The normalized spacial score (nSPS) is 12.3. The molecule has 0 fully saturated rings. The van der Waals surface area contributed by atoms with Crippen LogP contribution in [0.2, 0.25) is 0 Å². The number of aliphatic hydroxyl groups excluding tert-OH is 1. The highest BCUT2D eigenvalue weighted by Crippen LogP contribution is 2.22. The summed E-state index contributed by atoms with van der Waals surface area (Å²) in [6.07, 6.45) is 3.39. The number of urea groups is 1. The van der Waals surface area contributed by atoms with E-state index in [0.29, 0.717) is 12.4 Å². The van der Waals surface area contributed by atoms with Crippen LogP contribution in [0.5, 0.6) is 0 Å². The summed E-state index contributed by atoms with van der Waals surface area (Å²) in [5.74, 6) is 1.30. The van der Waals surface area contributed by atoms with E-state index in [1.165, 1.54) is 0 Å². The van der Waals surface area contributed by atoms with Gasteiger partial charge < -0.3 is 20.2 Å².